The first-order valence-electron chi connectivity index (χ1n) is 28.3. The van der Waals surface area contributed by atoms with Crippen molar-refractivity contribution in [3.8, 4) is 5.75 Å². The SMILES string of the molecule is CC.CCc1ccc(NC(=O)Nc2ccccc2C)cc1.Cc1ccccc1NC(=O)Nc1ccc(N(C(=O)O)C(=O)CCNC(=O)C(CC(=O)O)CC(=O)c2ccccc2)cc1.O=CNc1ccc(OCC(=O)O)c(CCC(=O)OCc2ccccc2)c1. The minimum absolute atomic E-state index is 0.0147. The number of rotatable bonds is 25. The molecule has 1 atom stereocenters. The van der Waals surface area contributed by atoms with Gasteiger partial charge in [-0.1, -0.05) is 130 Å². The molecule has 1 unspecified atom stereocenters. The average molecular weight is 1220 g/mol. The molecule has 7 aromatic carbocycles. The van der Waals surface area contributed by atoms with Crippen molar-refractivity contribution in [2.75, 3.05) is 44.6 Å². The summed E-state index contributed by atoms with van der Waals surface area (Å²) in [5.74, 6) is -5.58. The lowest BCUT2D eigenvalue weighted by molar-refractivity contribution is -0.145. The number of carbonyl (C=O) groups excluding carboxylic acids is 7. The van der Waals surface area contributed by atoms with Crippen LogP contribution >= 0.6 is 0 Å². The van der Waals surface area contributed by atoms with Crippen LogP contribution in [0.2, 0.25) is 0 Å². The second-order valence-electron chi connectivity index (χ2n) is 19.1. The summed E-state index contributed by atoms with van der Waals surface area (Å²) in [4.78, 5) is 119. The van der Waals surface area contributed by atoms with E-state index in [9.17, 15) is 58.2 Å². The zero-order valence-electron chi connectivity index (χ0n) is 49.9. The molecule has 0 spiro atoms. The van der Waals surface area contributed by atoms with Crippen LogP contribution < -0.4 is 41.5 Å². The third-order valence-corrected chi connectivity index (χ3v) is 12.7. The van der Waals surface area contributed by atoms with Crippen LogP contribution in [-0.4, -0.2) is 88.5 Å². The van der Waals surface area contributed by atoms with E-state index in [0.717, 1.165) is 34.5 Å². The maximum atomic E-state index is 12.7. The number of aryl methyl sites for hydroxylation is 4. The highest BCUT2D eigenvalue weighted by Crippen LogP contribution is 2.26. The number of Topliss-reactive ketones (excluding diaryl/α,β-unsaturated/α-hetero) is 1. The van der Waals surface area contributed by atoms with Crippen molar-refractivity contribution in [1.82, 2.24) is 5.32 Å². The van der Waals surface area contributed by atoms with Gasteiger partial charge in [-0.05, 0) is 121 Å². The molecule has 8 amide bonds. The molecule has 0 aromatic heterocycles. The number of carboxylic acids is 2. The Hall–Kier alpha value is -11.2. The van der Waals surface area contributed by atoms with Gasteiger partial charge in [-0.25, -0.2) is 24.1 Å². The topological polar surface area (TPSA) is 325 Å². The number of para-hydroxylation sites is 2. The maximum absolute atomic E-state index is 12.7. The fraction of sp³-hybridized carbons (Fsp3) is 0.224. The number of ether oxygens (including phenoxy) is 2. The zero-order chi connectivity index (χ0) is 65.1. The van der Waals surface area contributed by atoms with Gasteiger partial charge >= 0.3 is 36.1 Å². The smallest absolute Gasteiger partial charge is 0.418 e. The quantitative estimate of drug-likeness (QED) is 0.0146. The number of carboxylic acid groups (broad SMARTS) is 3. The highest BCUT2D eigenvalue weighted by Gasteiger charge is 2.27. The van der Waals surface area contributed by atoms with Crippen LogP contribution in [0.15, 0.2) is 176 Å². The molecule has 0 heterocycles. The first kappa shape index (κ1) is 70.3. The Morgan fingerprint density at radius 1 is 0.573 bits per heavy atom. The molecule has 7 aromatic rings. The summed E-state index contributed by atoms with van der Waals surface area (Å²) >= 11 is 0. The number of nitrogens with one attached hydrogen (secondary N) is 6. The van der Waals surface area contributed by atoms with E-state index < -0.39 is 67.0 Å². The Bertz CT molecular complexity index is 3470. The first-order chi connectivity index (χ1) is 42.8. The molecule has 0 aliphatic rings. The summed E-state index contributed by atoms with van der Waals surface area (Å²) < 4.78 is 10.4. The Labute approximate surface area is 515 Å². The predicted molar refractivity (Wildman–Crippen MR) is 339 cm³/mol. The molecule has 0 aliphatic carbocycles. The lowest BCUT2D eigenvalue weighted by Gasteiger charge is -2.19. The fourth-order valence-electron chi connectivity index (χ4n) is 8.12. The molecule has 0 fully saturated rings. The van der Waals surface area contributed by atoms with Crippen molar-refractivity contribution in [3.05, 3.63) is 209 Å². The van der Waals surface area contributed by atoms with Crippen molar-refractivity contribution in [2.45, 2.75) is 79.8 Å². The van der Waals surface area contributed by atoms with Crippen LogP contribution in [0.4, 0.5) is 48.5 Å². The van der Waals surface area contributed by atoms with E-state index in [2.05, 4.69) is 38.8 Å². The molecular weight excluding hydrogens is 1140 g/mol. The van der Waals surface area contributed by atoms with E-state index in [4.69, 9.17) is 14.6 Å². The summed E-state index contributed by atoms with van der Waals surface area (Å²) in [7, 11) is 0. The van der Waals surface area contributed by atoms with E-state index in [0.29, 0.717) is 45.2 Å². The number of amides is 8. The fourth-order valence-corrected chi connectivity index (χ4v) is 8.12. The summed E-state index contributed by atoms with van der Waals surface area (Å²) in [5.41, 5.74) is 8.13. The maximum Gasteiger partial charge on any atom is 0.418 e. The number of imide groups is 1. The monoisotopic (exact) mass is 1220 g/mol. The van der Waals surface area contributed by atoms with E-state index in [-0.39, 0.29) is 50.1 Å². The molecule has 0 radical (unpaired) electrons. The van der Waals surface area contributed by atoms with Gasteiger partial charge in [0.1, 0.15) is 12.4 Å². The molecule has 22 nitrogen and oxygen atoms in total. The Kier molecular flexibility index (Phi) is 30.0. The highest BCUT2D eigenvalue weighted by molar-refractivity contribution is 6.12. The van der Waals surface area contributed by atoms with E-state index >= 15 is 0 Å². The number of urea groups is 2. The summed E-state index contributed by atoms with van der Waals surface area (Å²) in [6, 6.07) is 49.8. The molecule has 0 aliphatic heterocycles. The summed E-state index contributed by atoms with van der Waals surface area (Å²) in [6.45, 7) is 9.32. The summed E-state index contributed by atoms with van der Waals surface area (Å²) in [5, 5.41) is 43.5. The number of hydrogen-bond acceptors (Lipinski definition) is 12. The number of benzene rings is 7. The minimum atomic E-state index is -1.55. The van der Waals surface area contributed by atoms with Gasteiger partial charge in [0.05, 0.1) is 18.0 Å². The largest absolute Gasteiger partial charge is 0.482 e. The van der Waals surface area contributed by atoms with Crippen molar-refractivity contribution < 1.29 is 72.7 Å². The lowest BCUT2D eigenvalue weighted by Crippen LogP contribution is -2.39. The molecule has 0 saturated heterocycles. The van der Waals surface area contributed by atoms with Crippen molar-refractivity contribution in [3.63, 3.8) is 0 Å². The highest BCUT2D eigenvalue weighted by atomic mass is 16.5. The van der Waals surface area contributed by atoms with Gasteiger partial charge in [0, 0.05) is 59.8 Å². The van der Waals surface area contributed by atoms with Gasteiger partial charge < -0.3 is 56.7 Å². The molecule has 0 saturated carbocycles. The normalized spacial score (nSPS) is 10.3. The van der Waals surface area contributed by atoms with Crippen LogP contribution in [0.1, 0.15) is 84.6 Å². The molecular formula is C67H73N7O15. The van der Waals surface area contributed by atoms with Crippen LogP contribution in [0.25, 0.3) is 0 Å². The Morgan fingerprint density at radius 3 is 1.62 bits per heavy atom. The van der Waals surface area contributed by atoms with Gasteiger partial charge in [0.2, 0.25) is 18.2 Å². The van der Waals surface area contributed by atoms with Gasteiger partial charge in [-0.2, -0.15) is 0 Å². The number of esters is 1. The van der Waals surface area contributed by atoms with E-state index in [1.807, 2.05) is 119 Å². The van der Waals surface area contributed by atoms with Crippen LogP contribution in [0.3, 0.4) is 0 Å². The van der Waals surface area contributed by atoms with Crippen LogP contribution in [0, 0.1) is 19.8 Å². The Balaban J connectivity index is 0.000000306. The number of hydrogen-bond donors (Lipinski definition) is 9. The van der Waals surface area contributed by atoms with Crippen LogP contribution in [-0.2, 0) is 53.0 Å². The molecule has 0 bridgehead atoms. The van der Waals surface area contributed by atoms with Gasteiger partial charge in [0.25, 0.3) is 0 Å². The van der Waals surface area contributed by atoms with Crippen molar-refractivity contribution >= 4 is 94.2 Å². The van der Waals surface area contributed by atoms with Gasteiger partial charge in [-0.3, -0.25) is 28.8 Å². The zero-order valence-corrected chi connectivity index (χ0v) is 49.9. The second-order valence-corrected chi connectivity index (χ2v) is 19.1. The number of nitrogens with zero attached hydrogens (tertiary/aromatic N) is 1. The number of aliphatic carboxylic acids is 2. The lowest BCUT2D eigenvalue weighted by atomic mass is 9.94. The minimum Gasteiger partial charge on any atom is -0.482 e. The third kappa shape index (κ3) is 25.5. The van der Waals surface area contributed by atoms with Crippen LogP contribution in [0.5, 0.6) is 5.75 Å². The third-order valence-electron chi connectivity index (χ3n) is 12.7. The van der Waals surface area contributed by atoms with Crippen molar-refractivity contribution in [1.29, 1.82) is 0 Å². The van der Waals surface area contributed by atoms with E-state index in [1.165, 1.54) is 29.8 Å². The molecule has 89 heavy (non-hydrogen) atoms. The van der Waals surface area contributed by atoms with Gasteiger partial charge in [0.15, 0.2) is 12.4 Å². The molecule has 7 rings (SSSR count). The molecule has 22 heteroatoms. The van der Waals surface area contributed by atoms with Gasteiger partial charge in [-0.15, -0.1) is 0 Å². The van der Waals surface area contributed by atoms with Crippen molar-refractivity contribution in [2.24, 2.45) is 5.92 Å². The number of ketones is 1. The first-order valence-corrected chi connectivity index (χ1v) is 28.3. The van der Waals surface area contributed by atoms with E-state index in [1.54, 1.807) is 60.7 Å². The Morgan fingerprint density at radius 2 is 1.10 bits per heavy atom. The number of anilines is 6. The average Bonchev–Trinajstić information content (AvgIpc) is 3.38. The number of carbonyl (C=O) groups is 10. The second kappa shape index (κ2) is 38.0. The summed E-state index contributed by atoms with van der Waals surface area (Å²) in [6.07, 6.45) is -0.993. The standard InChI is InChI=1S/C30H30N4O8.C19H19NO6.C16H18N2O.C2H6/c1-19-7-5-6-10-24(19)33-29(40)32-22-11-13-23(14-12-22)34(30(41)42)26(36)15-16-31-28(39)21(18-27(37)38)17-25(35)20-8-3-2-4-9-20;21-13-20-16-7-8-17(25-12-18(22)23)15(10-16)6-9-19(24)26-11-14-4-2-1-3-5-14;1-3-13-8-10-14(11-9-13)17-16(19)18-15-7-5-4-6-12(15)2;1-2/h2-14,21H,15-18H2,1H3,(H,31,39)(H,37,38)(H,41,42)(H2,32,33,40);1-5,7-8,10,13H,6,9,11-12H2,(H,20,21)(H,22,23);4-11H,3H2,1-2H3,(H2,17,18,19);1-2H3. The molecule has 9 N–H and O–H groups in total. The molecule has 466 valence electrons. The predicted octanol–water partition coefficient (Wildman–Crippen LogP) is 12.1.